The van der Waals surface area contributed by atoms with E-state index in [0.717, 1.165) is 0 Å². The van der Waals surface area contributed by atoms with Gasteiger partial charge >= 0.3 is 0 Å². The molecule has 1 saturated heterocycles. The molecule has 0 aromatic carbocycles. The lowest BCUT2D eigenvalue weighted by Crippen LogP contribution is -2.61. The maximum absolute atomic E-state index is 11.0. The standard InChI is InChI=1S/C16H26O9/c1-6-3-9(18)16(22)7(2)5-23-14(10(6)16)25-15-13(21)12(20)11(19)8(4-17)24-15/h5-6,8-15,17-22H,3-4H2,1-2H3/t6-,8-,9-,10+,11-,12+,13-,14+,15+,16-/m1/s1. The zero-order valence-corrected chi connectivity index (χ0v) is 14.1. The van der Waals surface area contributed by atoms with Gasteiger partial charge in [-0.05, 0) is 24.8 Å². The van der Waals surface area contributed by atoms with E-state index < -0.39 is 61.2 Å². The number of ether oxygens (including phenoxy) is 3. The summed E-state index contributed by atoms with van der Waals surface area (Å²) in [6.45, 7) is 2.92. The van der Waals surface area contributed by atoms with Gasteiger partial charge in [0.25, 0.3) is 0 Å². The van der Waals surface area contributed by atoms with Gasteiger partial charge in [-0.25, -0.2) is 0 Å². The summed E-state index contributed by atoms with van der Waals surface area (Å²) in [6, 6.07) is 0. The third-order valence-corrected chi connectivity index (χ3v) is 5.64. The van der Waals surface area contributed by atoms with Crippen LogP contribution in [-0.4, -0.2) is 85.9 Å². The highest BCUT2D eigenvalue weighted by atomic mass is 16.8. The maximum Gasteiger partial charge on any atom is 0.208 e. The maximum atomic E-state index is 11.0. The van der Waals surface area contributed by atoms with Gasteiger partial charge < -0.3 is 44.8 Å². The van der Waals surface area contributed by atoms with E-state index in [4.69, 9.17) is 14.2 Å². The van der Waals surface area contributed by atoms with Gasteiger partial charge in [0.1, 0.15) is 30.0 Å². The van der Waals surface area contributed by atoms with Crippen LogP contribution < -0.4 is 0 Å². The van der Waals surface area contributed by atoms with Crippen molar-refractivity contribution in [1.82, 2.24) is 0 Å². The second kappa shape index (κ2) is 6.75. The quantitative estimate of drug-likeness (QED) is 0.329. The molecule has 2 heterocycles. The third-order valence-electron chi connectivity index (χ3n) is 5.64. The number of hydrogen-bond acceptors (Lipinski definition) is 9. The van der Waals surface area contributed by atoms with Crippen LogP contribution in [0.15, 0.2) is 11.8 Å². The van der Waals surface area contributed by atoms with Gasteiger partial charge in [0, 0.05) is 0 Å². The summed E-state index contributed by atoms with van der Waals surface area (Å²) in [6.07, 6.45) is -7.47. The molecule has 3 rings (SSSR count). The van der Waals surface area contributed by atoms with Crippen molar-refractivity contribution in [1.29, 1.82) is 0 Å². The fourth-order valence-corrected chi connectivity index (χ4v) is 4.11. The highest BCUT2D eigenvalue weighted by Gasteiger charge is 2.60. The van der Waals surface area contributed by atoms with E-state index in [1.165, 1.54) is 6.26 Å². The monoisotopic (exact) mass is 362 g/mol. The normalized spacial score (nSPS) is 53.1. The number of rotatable bonds is 3. The van der Waals surface area contributed by atoms with E-state index in [0.29, 0.717) is 12.0 Å². The molecular formula is C16H26O9. The van der Waals surface area contributed by atoms with Crippen LogP contribution in [0.25, 0.3) is 0 Å². The van der Waals surface area contributed by atoms with Gasteiger partial charge in [-0.2, -0.15) is 0 Å². The summed E-state index contributed by atoms with van der Waals surface area (Å²) < 4.78 is 16.5. The molecular weight excluding hydrogens is 336 g/mol. The minimum atomic E-state index is -1.57. The number of fused-ring (bicyclic) bond motifs is 1. The number of hydrogen-bond donors (Lipinski definition) is 6. The minimum absolute atomic E-state index is 0.140. The van der Waals surface area contributed by atoms with Crippen LogP contribution >= 0.6 is 0 Å². The number of aliphatic hydroxyl groups excluding tert-OH is 5. The Morgan fingerprint density at radius 2 is 1.84 bits per heavy atom. The Morgan fingerprint density at radius 1 is 1.16 bits per heavy atom. The summed E-state index contributed by atoms with van der Waals surface area (Å²) in [4.78, 5) is 0. The van der Waals surface area contributed by atoms with E-state index in [9.17, 15) is 30.6 Å². The highest BCUT2D eigenvalue weighted by Crippen LogP contribution is 2.50. The molecule has 0 bridgehead atoms. The van der Waals surface area contributed by atoms with Crippen molar-refractivity contribution in [2.75, 3.05) is 6.61 Å². The summed E-state index contributed by atoms with van der Waals surface area (Å²) >= 11 is 0. The predicted octanol–water partition coefficient (Wildman–Crippen LogP) is -2.19. The first kappa shape index (κ1) is 19.0. The van der Waals surface area contributed by atoms with Crippen molar-refractivity contribution in [2.45, 2.75) is 69.0 Å². The van der Waals surface area contributed by atoms with Crippen LogP contribution in [0.2, 0.25) is 0 Å². The predicted molar refractivity (Wildman–Crippen MR) is 81.7 cm³/mol. The van der Waals surface area contributed by atoms with Crippen molar-refractivity contribution in [3.8, 4) is 0 Å². The number of aliphatic hydroxyl groups is 6. The summed E-state index contributed by atoms with van der Waals surface area (Å²) in [5.74, 6) is -0.751. The fraction of sp³-hybridized carbons (Fsp3) is 0.875. The molecule has 0 aromatic rings. The molecule has 0 amide bonds. The Hall–Kier alpha value is -0.780. The van der Waals surface area contributed by atoms with Gasteiger partial charge in [0.15, 0.2) is 6.29 Å². The Labute approximate surface area is 145 Å². The van der Waals surface area contributed by atoms with Crippen LogP contribution in [0.1, 0.15) is 20.3 Å². The van der Waals surface area contributed by atoms with Crippen molar-refractivity contribution < 1.29 is 44.8 Å². The van der Waals surface area contributed by atoms with E-state index in [-0.39, 0.29) is 5.92 Å². The summed E-state index contributed by atoms with van der Waals surface area (Å²) in [5, 5.41) is 60.3. The first-order valence-corrected chi connectivity index (χ1v) is 8.40. The molecule has 0 radical (unpaired) electrons. The molecule has 2 aliphatic heterocycles. The molecule has 6 N–H and O–H groups in total. The average molecular weight is 362 g/mol. The molecule has 2 fully saturated rings. The SMILES string of the molecule is CC1=CO[C@@H](O[C@@H]2O[C@H](CO)[C@@H](O)[C@H](O)[C@H]2O)[C@@H]2[C@H](C)C[C@@H](O)[C@]12O. The molecule has 9 nitrogen and oxygen atoms in total. The minimum Gasteiger partial charge on any atom is -0.472 e. The summed E-state index contributed by atoms with van der Waals surface area (Å²) in [5.41, 5.74) is -1.04. The average Bonchev–Trinajstić information content (AvgIpc) is 2.81. The molecule has 3 aliphatic rings. The van der Waals surface area contributed by atoms with Gasteiger partial charge in [0.2, 0.25) is 6.29 Å². The Kier molecular flexibility index (Phi) is 5.13. The smallest absolute Gasteiger partial charge is 0.208 e. The lowest BCUT2D eigenvalue weighted by atomic mass is 9.79. The Bertz CT molecular complexity index is 524. The highest BCUT2D eigenvalue weighted by molar-refractivity contribution is 5.24. The van der Waals surface area contributed by atoms with Crippen LogP contribution in [0.3, 0.4) is 0 Å². The first-order chi connectivity index (χ1) is 11.7. The van der Waals surface area contributed by atoms with Crippen LogP contribution in [0, 0.1) is 11.8 Å². The van der Waals surface area contributed by atoms with E-state index >= 15 is 0 Å². The molecule has 0 unspecified atom stereocenters. The van der Waals surface area contributed by atoms with Gasteiger partial charge in [-0.15, -0.1) is 0 Å². The second-order valence-corrected chi connectivity index (χ2v) is 7.22. The first-order valence-electron chi connectivity index (χ1n) is 8.40. The lowest BCUT2D eigenvalue weighted by molar-refractivity contribution is -0.347. The fourth-order valence-electron chi connectivity index (χ4n) is 4.11. The molecule has 1 saturated carbocycles. The zero-order valence-electron chi connectivity index (χ0n) is 14.1. The molecule has 144 valence electrons. The van der Waals surface area contributed by atoms with Gasteiger partial charge in [0.05, 0.1) is 24.9 Å². The van der Waals surface area contributed by atoms with Crippen molar-refractivity contribution in [2.24, 2.45) is 11.8 Å². The zero-order chi connectivity index (χ0) is 18.5. The lowest BCUT2D eigenvalue weighted by Gasteiger charge is -2.45. The molecule has 0 aromatic heterocycles. The summed E-state index contributed by atoms with van der Waals surface area (Å²) in [7, 11) is 0. The molecule has 25 heavy (non-hydrogen) atoms. The molecule has 1 aliphatic carbocycles. The van der Waals surface area contributed by atoms with Crippen LogP contribution in [0.4, 0.5) is 0 Å². The van der Waals surface area contributed by atoms with E-state index in [2.05, 4.69) is 0 Å². The van der Waals surface area contributed by atoms with Crippen LogP contribution in [-0.2, 0) is 14.2 Å². The second-order valence-electron chi connectivity index (χ2n) is 7.22. The molecule has 0 spiro atoms. The molecule has 10 atom stereocenters. The van der Waals surface area contributed by atoms with E-state index in [1.807, 2.05) is 6.92 Å². The van der Waals surface area contributed by atoms with Crippen molar-refractivity contribution in [3.05, 3.63) is 11.8 Å². The van der Waals surface area contributed by atoms with Crippen molar-refractivity contribution in [3.63, 3.8) is 0 Å². The Balaban J connectivity index is 1.81. The van der Waals surface area contributed by atoms with E-state index in [1.54, 1.807) is 6.92 Å². The Morgan fingerprint density at radius 3 is 2.48 bits per heavy atom. The van der Waals surface area contributed by atoms with Crippen molar-refractivity contribution >= 4 is 0 Å². The van der Waals surface area contributed by atoms with Gasteiger partial charge in [-0.3, -0.25) is 0 Å². The van der Waals surface area contributed by atoms with Crippen LogP contribution in [0.5, 0.6) is 0 Å². The van der Waals surface area contributed by atoms with Gasteiger partial charge in [-0.1, -0.05) is 6.92 Å². The molecule has 9 heteroatoms. The topological polar surface area (TPSA) is 149 Å². The largest absolute Gasteiger partial charge is 0.472 e. The third kappa shape index (κ3) is 2.88.